The zero-order chi connectivity index (χ0) is 24.6. The van der Waals surface area contributed by atoms with Gasteiger partial charge < -0.3 is 20.3 Å². The molecule has 2 aromatic carbocycles. The fourth-order valence-electron chi connectivity index (χ4n) is 4.39. The van der Waals surface area contributed by atoms with Crippen LogP contribution in [0, 0.1) is 6.92 Å². The molecule has 11 heteroatoms. The fourth-order valence-corrected chi connectivity index (χ4v) is 4.39. The minimum atomic E-state index is 0.383. The molecule has 1 aliphatic heterocycles. The molecule has 182 valence electrons. The molecule has 2 N–H and O–H groups in total. The highest BCUT2D eigenvalue weighted by Gasteiger charge is 2.19. The van der Waals surface area contributed by atoms with Gasteiger partial charge in [-0.2, -0.15) is 0 Å². The maximum atomic E-state index is 6.13. The lowest BCUT2D eigenvalue weighted by Crippen LogP contribution is -2.49. The van der Waals surface area contributed by atoms with Crippen LogP contribution in [0.5, 0.6) is 11.5 Å². The van der Waals surface area contributed by atoms with Crippen LogP contribution in [0.3, 0.4) is 0 Å². The second kappa shape index (κ2) is 9.00. The molecule has 11 nitrogen and oxygen atoms in total. The molecule has 1 atom stereocenters. The number of benzene rings is 2. The molecule has 4 heterocycles. The molecule has 1 saturated heterocycles. The van der Waals surface area contributed by atoms with E-state index in [9.17, 15) is 0 Å². The van der Waals surface area contributed by atoms with Gasteiger partial charge in [-0.1, -0.05) is 5.21 Å². The van der Waals surface area contributed by atoms with Crippen molar-refractivity contribution in [1.82, 2.24) is 40.2 Å². The molecular formula is C25H26N10O. The summed E-state index contributed by atoms with van der Waals surface area (Å²) >= 11 is 0. The number of fused-ring (bicyclic) bond motifs is 2. The third kappa shape index (κ3) is 4.24. The Bertz CT molecular complexity index is 1570. The van der Waals surface area contributed by atoms with Crippen LogP contribution < -0.4 is 20.3 Å². The van der Waals surface area contributed by atoms with Crippen LogP contribution in [0.4, 0.5) is 17.5 Å². The van der Waals surface area contributed by atoms with Crippen LogP contribution in [-0.4, -0.2) is 60.6 Å². The van der Waals surface area contributed by atoms with Crippen LogP contribution in [0.25, 0.3) is 22.1 Å². The van der Waals surface area contributed by atoms with Gasteiger partial charge in [0.05, 0.1) is 11.7 Å². The zero-order valence-electron chi connectivity index (χ0n) is 20.3. The van der Waals surface area contributed by atoms with E-state index in [1.165, 1.54) is 6.33 Å². The van der Waals surface area contributed by atoms with Crippen LogP contribution in [0.2, 0.25) is 0 Å². The standard InChI is InChI=1S/C25H26N10O/c1-15-10-17(4-7-22(15)36-18-5-6-21-19(11-18)32-33-34(21)3)30-24-23-20(28-14-29-24)12-27-25(31-23)35-9-8-26-16(2)13-35/h4-7,10-12,14,16,26H,8-9,13H2,1-3H3,(H,28,29,30)/t16-/m1/s1. The van der Waals surface area contributed by atoms with E-state index >= 15 is 0 Å². The normalized spacial score (nSPS) is 16.0. The van der Waals surface area contributed by atoms with Gasteiger partial charge in [0.15, 0.2) is 5.82 Å². The van der Waals surface area contributed by atoms with Gasteiger partial charge in [-0.3, -0.25) is 0 Å². The van der Waals surface area contributed by atoms with Crippen molar-refractivity contribution in [3.8, 4) is 11.5 Å². The molecule has 0 saturated carbocycles. The first-order valence-electron chi connectivity index (χ1n) is 11.8. The Balaban J connectivity index is 1.25. The molecule has 0 amide bonds. The van der Waals surface area contributed by atoms with Gasteiger partial charge in [-0.25, -0.2) is 24.6 Å². The highest BCUT2D eigenvalue weighted by atomic mass is 16.5. The number of hydrogen-bond donors (Lipinski definition) is 2. The SMILES string of the molecule is Cc1cc(Nc2ncnc3cnc(N4CCN[C@H](C)C4)nc23)ccc1Oc1ccc2c(c1)nnn2C. The van der Waals surface area contributed by atoms with E-state index in [1.807, 2.05) is 50.4 Å². The second-order valence-corrected chi connectivity index (χ2v) is 9.00. The van der Waals surface area contributed by atoms with E-state index in [-0.39, 0.29) is 0 Å². The number of rotatable bonds is 5. The van der Waals surface area contributed by atoms with Crippen LogP contribution >= 0.6 is 0 Å². The summed E-state index contributed by atoms with van der Waals surface area (Å²) in [6.07, 6.45) is 3.28. The molecule has 0 aliphatic carbocycles. The number of nitrogens with one attached hydrogen (secondary N) is 2. The Morgan fingerprint density at radius 2 is 2.00 bits per heavy atom. The summed E-state index contributed by atoms with van der Waals surface area (Å²) in [6.45, 7) is 6.78. The van der Waals surface area contributed by atoms with E-state index in [0.717, 1.165) is 47.7 Å². The van der Waals surface area contributed by atoms with Gasteiger partial charge in [-0.05, 0) is 49.7 Å². The van der Waals surface area contributed by atoms with Gasteiger partial charge in [-0.15, -0.1) is 5.10 Å². The minimum absolute atomic E-state index is 0.383. The van der Waals surface area contributed by atoms with Crippen molar-refractivity contribution in [1.29, 1.82) is 0 Å². The smallest absolute Gasteiger partial charge is 0.226 e. The van der Waals surface area contributed by atoms with Crippen molar-refractivity contribution in [2.45, 2.75) is 19.9 Å². The number of anilines is 3. The Labute approximate surface area is 207 Å². The minimum Gasteiger partial charge on any atom is -0.457 e. The van der Waals surface area contributed by atoms with Gasteiger partial charge >= 0.3 is 0 Å². The molecular weight excluding hydrogens is 456 g/mol. The lowest BCUT2D eigenvalue weighted by Gasteiger charge is -2.31. The average Bonchev–Trinajstić information content (AvgIpc) is 3.25. The third-order valence-electron chi connectivity index (χ3n) is 6.26. The summed E-state index contributed by atoms with van der Waals surface area (Å²) in [5.41, 5.74) is 4.97. The van der Waals surface area contributed by atoms with Crippen LogP contribution in [-0.2, 0) is 7.05 Å². The van der Waals surface area contributed by atoms with E-state index < -0.39 is 0 Å². The molecule has 5 aromatic rings. The zero-order valence-corrected chi connectivity index (χ0v) is 20.3. The Morgan fingerprint density at radius 3 is 2.86 bits per heavy atom. The quantitative estimate of drug-likeness (QED) is 0.386. The number of ether oxygens (including phenoxy) is 1. The van der Waals surface area contributed by atoms with Crippen LogP contribution in [0.15, 0.2) is 48.9 Å². The highest BCUT2D eigenvalue weighted by molar-refractivity contribution is 5.87. The Kier molecular flexibility index (Phi) is 5.53. The van der Waals surface area contributed by atoms with Gasteiger partial charge in [0, 0.05) is 44.5 Å². The second-order valence-electron chi connectivity index (χ2n) is 9.00. The first-order valence-corrected chi connectivity index (χ1v) is 11.8. The van der Waals surface area contributed by atoms with Gasteiger partial charge in [0.1, 0.15) is 34.4 Å². The number of aryl methyl sites for hydroxylation is 2. The third-order valence-corrected chi connectivity index (χ3v) is 6.26. The number of hydrogen-bond acceptors (Lipinski definition) is 10. The molecule has 6 rings (SSSR count). The molecule has 0 unspecified atom stereocenters. The first-order chi connectivity index (χ1) is 17.5. The maximum absolute atomic E-state index is 6.13. The number of piperazine rings is 1. The fraction of sp³-hybridized carbons (Fsp3) is 0.280. The van der Waals surface area contributed by atoms with Gasteiger partial charge in [0.25, 0.3) is 0 Å². The lowest BCUT2D eigenvalue weighted by atomic mass is 10.2. The van der Waals surface area contributed by atoms with Crippen molar-refractivity contribution in [3.63, 3.8) is 0 Å². The summed E-state index contributed by atoms with van der Waals surface area (Å²) in [7, 11) is 1.87. The first kappa shape index (κ1) is 22.1. The predicted octanol–water partition coefficient (Wildman–Crippen LogP) is 3.34. The van der Waals surface area contributed by atoms with E-state index in [2.05, 4.69) is 47.7 Å². The molecule has 1 fully saturated rings. The highest BCUT2D eigenvalue weighted by Crippen LogP contribution is 2.30. The van der Waals surface area contributed by atoms with Crippen molar-refractivity contribution < 1.29 is 4.74 Å². The Hall–Kier alpha value is -4.38. The molecule has 3 aromatic heterocycles. The summed E-state index contributed by atoms with van der Waals surface area (Å²) in [4.78, 5) is 20.4. The maximum Gasteiger partial charge on any atom is 0.226 e. The van der Waals surface area contributed by atoms with Crippen molar-refractivity contribution >= 4 is 39.5 Å². The number of aromatic nitrogens is 7. The average molecular weight is 483 g/mol. The van der Waals surface area contributed by atoms with Crippen molar-refractivity contribution in [2.24, 2.45) is 7.05 Å². The monoisotopic (exact) mass is 482 g/mol. The Morgan fingerprint density at radius 1 is 1.08 bits per heavy atom. The van der Waals surface area contributed by atoms with Crippen LogP contribution in [0.1, 0.15) is 12.5 Å². The van der Waals surface area contributed by atoms with E-state index in [0.29, 0.717) is 34.6 Å². The van der Waals surface area contributed by atoms with Crippen molar-refractivity contribution in [2.75, 3.05) is 29.9 Å². The van der Waals surface area contributed by atoms with E-state index in [1.54, 1.807) is 10.9 Å². The summed E-state index contributed by atoms with van der Waals surface area (Å²) < 4.78 is 7.87. The topological polar surface area (TPSA) is 119 Å². The largest absolute Gasteiger partial charge is 0.457 e. The summed E-state index contributed by atoms with van der Waals surface area (Å²) in [5, 5.41) is 15.1. The molecule has 0 radical (unpaired) electrons. The molecule has 1 aliphatic rings. The number of nitrogens with zero attached hydrogens (tertiary/aromatic N) is 8. The summed E-state index contributed by atoms with van der Waals surface area (Å²) in [6, 6.07) is 12.0. The molecule has 36 heavy (non-hydrogen) atoms. The molecule has 0 bridgehead atoms. The van der Waals surface area contributed by atoms with Crippen molar-refractivity contribution in [3.05, 3.63) is 54.5 Å². The predicted molar refractivity (Wildman–Crippen MR) is 138 cm³/mol. The lowest BCUT2D eigenvalue weighted by molar-refractivity contribution is 0.479. The summed E-state index contributed by atoms with van der Waals surface area (Å²) in [5.74, 6) is 2.79. The molecule has 0 spiro atoms. The van der Waals surface area contributed by atoms with E-state index in [4.69, 9.17) is 9.72 Å². The van der Waals surface area contributed by atoms with Gasteiger partial charge in [0.2, 0.25) is 5.95 Å².